The second-order valence-electron chi connectivity index (χ2n) is 9.04. The van der Waals surface area contributed by atoms with E-state index in [9.17, 15) is 0 Å². The third-order valence-corrected chi connectivity index (χ3v) is 8.13. The molecule has 0 atom stereocenters. The molecular weight excluding hydrogens is 460 g/mol. The van der Waals surface area contributed by atoms with Crippen LogP contribution >= 0.6 is 11.3 Å². The van der Waals surface area contributed by atoms with Gasteiger partial charge < -0.3 is 4.42 Å². The lowest BCUT2D eigenvalue weighted by molar-refractivity contribution is 0.655. The fourth-order valence-electron chi connectivity index (χ4n) is 5.13. The molecule has 3 nitrogen and oxygen atoms in total. The number of furan rings is 1. The second-order valence-corrected chi connectivity index (χ2v) is 10.1. The molecule has 5 aromatic carbocycles. The lowest BCUT2D eigenvalue weighted by atomic mass is 9.98. The van der Waals surface area contributed by atoms with E-state index in [0.29, 0.717) is 5.71 Å². The van der Waals surface area contributed by atoms with Gasteiger partial charge in [-0.3, -0.25) is 0 Å². The topological polar surface area (TPSA) is 38.9 Å². The van der Waals surface area contributed by atoms with Crippen LogP contribution in [-0.4, -0.2) is 9.97 Å². The highest BCUT2D eigenvalue weighted by atomic mass is 32.1. The third kappa shape index (κ3) is 2.92. The summed E-state index contributed by atoms with van der Waals surface area (Å²) in [4.78, 5) is 9.52. The molecule has 0 radical (unpaired) electrons. The van der Waals surface area contributed by atoms with Gasteiger partial charge in [-0.05, 0) is 52.6 Å². The molecule has 0 N–H and O–H groups in total. The average molecular weight is 479 g/mol. The van der Waals surface area contributed by atoms with Crippen molar-refractivity contribution in [1.82, 2.24) is 9.97 Å². The molecule has 8 aromatic rings. The molecule has 36 heavy (non-hydrogen) atoms. The molecule has 0 saturated heterocycles. The van der Waals surface area contributed by atoms with Crippen LogP contribution in [0.1, 0.15) is 0 Å². The van der Waals surface area contributed by atoms with Gasteiger partial charge in [-0.15, -0.1) is 11.3 Å². The molecule has 0 fully saturated rings. The van der Waals surface area contributed by atoms with E-state index in [1.54, 1.807) is 0 Å². The van der Waals surface area contributed by atoms with Crippen molar-refractivity contribution in [3.05, 3.63) is 109 Å². The van der Waals surface area contributed by atoms with Crippen molar-refractivity contribution in [2.75, 3.05) is 0 Å². The number of nitrogens with zero attached hydrogens (tertiary/aromatic N) is 2. The van der Waals surface area contributed by atoms with Crippen LogP contribution in [0.4, 0.5) is 0 Å². The maximum Gasteiger partial charge on any atom is 0.246 e. The first-order chi connectivity index (χ1) is 17.8. The van der Waals surface area contributed by atoms with Crippen LogP contribution in [0.2, 0.25) is 0 Å². The first-order valence-electron chi connectivity index (χ1n) is 11.9. The molecule has 0 unspecified atom stereocenters. The number of para-hydroxylation sites is 2. The molecule has 3 aromatic heterocycles. The molecule has 0 aliphatic heterocycles. The second kappa shape index (κ2) is 7.48. The predicted molar refractivity (Wildman–Crippen MR) is 151 cm³/mol. The molecule has 0 aliphatic carbocycles. The van der Waals surface area contributed by atoms with Gasteiger partial charge in [-0.25, -0.2) is 9.97 Å². The zero-order valence-electron chi connectivity index (χ0n) is 19.1. The smallest absolute Gasteiger partial charge is 0.246 e. The number of hydrogen-bond acceptors (Lipinski definition) is 4. The van der Waals surface area contributed by atoms with Crippen LogP contribution < -0.4 is 0 Å². The van der Waals surface area contributed by atoms with Crippen molar-refractivity contribution >= 4 is 64.7 Å². The van der Waals surface area contributed by atoms with E-state index in [2.05, 4.69) is 83.8 Å². The van der Waals surface area contributed by atoms with E-state index in [0.717, 1.165) is 38.6 Å². The number of thiophene rings is 1. The van der Waals surface area contributed by atoms with Crippen LogP contribution in [0.3, 0.4) is 0 Å². The van der Waals surface area contributed by atoms with Crippen LogP contribution in [0, 0.1) is 0 Å². The van der Waals surface area contributed by atoms with E-state index in [1.165, 1.54) is 31.3 Å². The van der Waals surface area contributed by atoms with Crippen LogP contribution in [0.25, 0.3) is 75.7 Å². The van der Waals surface area contributed by atoms with Crippen LogP contribution in [-0.2, 0) is 0 Å². The highest BCUT2D eigenvalue weighted by Gasteiger charge is 2.13. The zero-order valence-corrected chi connectivity index (χ0v) is 19.9. The highest BCUT2D eigenvalue weighted by Crippen LogP contribution is 2.40. The van der Waals surface area contributed by atoms with Gasteiger partial charge in [0.25, 0.3) is 0 Å². The summed E-state index contributed by atoms with van der Waals surface area (Å²) in [5.74, 6) is 0. The Morgan fingerprint density at radius 3 is 2.17 bits per heavy atom. The summed E-state index contributed by atoms with van der Waals surface area (Å²) < 4.78 is 8.69. The van der Waals surface area contributed by atoms with Crippen molar-refractivity contribution in [3.63, 3.8) is 0 Å². The zero-order chi connectivity index (χ0) is 23.6. The summed E-state index contributed by atoms with van der Waals surface area (Å²) in [5.41, 5.74) is 8.69. The molecule has 168 valence electrons. The van der Waals surface area contributed by atoms with E-state index in [1.807, 2.05) is 41.7 Å². The Morgan fingerprint density at radius 2 is 1.28 bits per heavy atom. The van der Waals surface area contributed by atoms with Gasteiger partial charge in [0, 0.05) is 25.6 Å². The van der Waals surface area contributed by atoms with Gasteiger partial charge in [0.1, 0.15) is 11.1 Å². The molecule has 3 heterocycles. The van der Waals surface area contributed by atoms with Gasteiger partial charge in [-0.1, -0.05) is 78.9 Å². The fourth-order valence-corrected chi connectivity index (χ4v) is 6.37. The minimum absolute atomic E-state index is 0.577. The first-order valence-corrected chi connectivity index (χ1v) is 12.7. The Morgan fingerprint density at radius 1 is 0.556 bits per heavy atom. The Hall–Kier alpha value is -4.54. The average Bonchev–Trinajstić information content (AvgIpc) is 3.49. The molecule has 0 saturated carbocycles. The quantitative estimate of drug-likeness (QED) is 0.248. The van der Waals surface area contributed by atoms with Crippen LogP contribution in [0.15, 0.2) is 114 Å². The predicted octanol–water partition coefficient (Wildman–Crippen LogP) is 9.23. The molecule has 0 spiro atoms. The van der Waals surface area contributed by atoms with E-state index >= 15 is 0 Å². The summed E-state index contributed by atoms with van der Waals surface area (Å²) in [6, 6.07) is 38.3. The van der Waals surface area contributed by atoms with Crippen molar-refractivity contribution in [2.45, 2.75) is 0 Å². The molecule has 0 aliphatic rings. The van der Waals surface area contributed by atoms with Crippen LogP contribution in [0.5, 0.6) is 0 Å². The monoisotopic (exact) mass is 478 g/mol. The Kier molecular flexibility index (Phi) is 4.10. The molecular formula is C32H18N2OS. The van der Waals surface area contributed by atoms with E-state index < -0.39 is 0 Å². The van der Waals surface area contributed by atoms with Gasteiger partial charge in [0.15, 0.2) is 0 Å². The Balaban J connectivity index is 1.23. The number of aromatic nitrogens is 2. The van der Waals surface area contributed by atoms with Gasteiger partial charge in [0.05, 0.1) is 11.0 Å². The summed E-state index contributed by atoms with van der Waals surface area (Å²) in [5, 5.41) is 3.63. The third-order valence-electron chi connectivity index (χ3n) is 6.91. The van der Waals surface area contributed by atoms with E-state index in [4.69, 9.17) is 9.40 Å². The lowest BCUT2D eigenvalue weighted by Gasteiger charge is -2.07. The summed E-state index contributed by atoms with van der Waals surface area (Å²) in [6.45, 7) is 0. The van der Waals surface area contributed by atoms with Gasteiger partial charge in [0.2, 0.25) is 5.71 Å². The fraction of sp³-hybridized carbons (Fsp3) is 0. The molecule has 8 rings (SSSR count). The Bertz CT molecular complexity index is 2100. The summed E-state index contributed by atoms with van der Waals surface area (Å²) >= 11 is 1.86. The number of hydrogen-bond donors (Lipinski definition) is 0. The number of benzene rings is 5. The van der Waals surface area contributed by atoms with Gasteiger partial charge in [-0.2, -0.15) is 0 Å². The maximum atomic E-state index is 6.02. The van der Waals surface area contributed by atoms with Crippen molar-refractivity contribution in [3.8, 4) is 22.3 Å². The molecule has 4 heteroatoms. The first kappa shape index (κ1) is 19.7. The molecule has 0 bridgehead atoms. The standard InChI is InChI=1S/C32H18N2OS/c1-4-11-29-23(6-1)24-8-5-7-22(31(24)36-29)20-14-12-19(13-15-20)21-16-17-28-25(18-21)30-32(35-28)34-27-10-3-2-9-26(27)33-30/h1-18H. The highest BCUT2D eigenvalue weighted by molar-refractivity contribution is 7.26. The van der Waals surface area contributed by atoms with E-state index in [-0.39, 0.29) is 0 Å². The number of fused-ring (bicyclic) bond motifs is 7. The van der Waals surface area contributed by atoms with Crippen molar-refractivity contribution in [2.24, 2.45) is 0 Å². The minimum atomic E-state index is 0.577. The van der Waals surface area contributed by atoms with Gasteiger partial charge >= 0.3 is 0 Å². The lowest BCUT2D eigenvalue weighted by Crippen LogP contribution is -1.84. The van der Waals surface area contributed by atoms with Crippen molar-refractivity contribution < 1.29 is 4.42 Å². The summed E-state index contributed by atoms with van der Waals surface area (Å²) in [6.07, 6.45) is 0. The maximum absolute atomic E-state index is 6.02. The molecule has 0 amide bonds. The number of rotatable bonds is 2. The van der Waals surface area contributed by atoms with Crippen molar-refractivity contribution in [1.29, 1.82) is 0 Å². The SMILES string of the molecule is c1ccc2nc3c(nc2c1)oc1ccc(-c2ccc(-c4cccc5c4sc4ccccc45)cc2)cc13. The largest absolute Gasteiger partial charge is 0.436 e. The minimum Gasteiger partial charge on any atom is -0.436 e. The Labute approximate surface area is 210 Å². The summed E-state index contributed by atoms with van der Waals surface area (Å²) in [7, 11) is 0. The normalized spacial score (nSPS) is 11.9.